The van der Waals surface area contributed by atoms with Gasteiger partial charge in [-0.2, -0.15) is 0 Å². The molecule has 0 saturated carbocycles. The van der Waals surface area contributed by atoms with E-state index in [1.807, 2.05) is 20.8 Å². The Labute approximate surface area is 165 Å². The molecular formula is C16H33B3N4O4. The zero-order valence-electron chi connectivity index (χ0n) is 17.7. The molecule has 27 heavy (non-hydrogen) atoms. The van der Waals surface area contributed by atoms with Crippen LogP contribution in [0, 0.1) is 5.41 Å². The minimum atomic E-state index is -0.299. The number of carbonyl (C=O) groups excluding carboxylic acids is 4. The zero-order valence-corrected chi connectivity index (χ0v) is 17.7. The highest BCUT2D eigenvalue weighted by Crippen LogP contribution is 2.18. The van der Waals surface area contributed by atoms with E-state index in [0.29, 0.717) is 13.0 Å². The lowest BCUT2D eigenvalue weighted by atomic mass is 9.88. The van der Waals surface area contributed by atoms with Crippen LogP contribution in [-0.2, 0) is 19.2 Å². The number of unbranched alkanes of at least 4 members (excludes halogenated alkanes) is 2. The van der Waals surface area contributed by atoms with Crippen molar-refractivity contribution in [2.24, 2.45) is 5.41 Å². The number of ketones is 1. The van der Waals surface area contributed by atoms with Crippen LogP contribution in [0.1, 0.15) is 46.5 Å². The highest BCUT2D eigenvalue weighted by Gasteiger charge is 2.20. The molecule has 0 aromatic heterocycles. The van der Waals surface area contributed by atoms with Crippen LogP contribution in [0.25, 0.3) is 0 Å². The molecule has 0 aromatic carbocycles. The van der Waals surface area contributed by atoms with Gasteiger partial charge < -0.3 is 15.3 Å². The molecule has 0 aliphatic heterocycles. The molecule has 3 amide bonds. The van der Waals surface area contributed by atoms with E-state index in [0.717, 1.165) is 19.3 Å². The molecule has 0 saturated heterocycles. The van der Waals surface area contributed by atoms with Crippen molar-refractivity contribution in [3.05, 3.63) is 0 Å². The first kappa shape index (κ1) is 25.2. The fraction of sp³-hybridized carbons (Fsp3) is 0.750. The predicted octanol–water partition coefficient (Wildman–Crippen LogP) is -2.83. The van der Waals surface area contributed by atoms with Gasteiger partial charge in [0.25, 0.3) is 0 Å². The summed E-state index contributed by atoms with van der Waals surface area (Å²) < 4.78 is 1.42. The third-order valence-electron chi connectivity index (χ3n) is 4.11. The maximum atomic E-state index is 12.1. The predicted molar refractivity (Wildman–Crippen MR) is 113 cm³/mol. The molecule has 0 bridgehead atoms. The smallest absolute Gasteiger partial charge is 0.234 e. The summed E-state index contributed by atoms with van der Waals surface area (Å²) in [6.45, 7) is 6.23. The van der Waals surface area contributed by atoms with Crippen LogP contribution < -0.4 is 10.5 Å². The summed E-state index contributed by atoms with van der Waals surface area (Å²) in [7, 11) is 4.77. The van der Waals surface area contributed by atoms with E-state index < -0.39 is 0 Å². The molecule has 0 spiro atoms. The summed E-state index contributed by atoms with van der Waals surface area (Å²) in [5.41, 5.74) is -0.299. The molecule has 11 heteroatoms. The van der Waals surface area contributed by atoms with Crippen LogP contribution in [-0.4, -0.2) is 83.2 Å². The summed E-state index contributed by atoms with van der Waals surface area (Å²) in [6, 6.07) is 0. The van der Waals surface area contributed by atoms with Gasteiger partial charge in [-0.05, 0) is 12.8 Å². The average molecular weight is 378 g/mol. The van der Waals surface area contributed by atoms with Crippen LogP contribution in [0.5, 0.6) is 0 Å². The lowest BCUT2D eigenvalue weighted by Gasteiger charge is -2.22. The molecular weight excluding hydrogens is 345 g/mol. The molecule has 0 unspecified atom stereocenters. The fourth-order valence-corrected chi connectivity index (χ4v) is 2.23. The Morgan fingerprint density at radius 3 is 2.00 bits per heavy atom. The molecule has 0 fully saturated rings. The molecule has 0 aromatic rings. The molecule has 0 aliphatic rings. The monoisotopic (exact) mass is 378 g/mol. The Kier molecular flexibility index (Phi) is 11.8. The lowest BCUT2D eigenvalue weighted by molar-refractivity contribution is -0.129. The van der Waals surface area contributed by atoms with Crippen molar-refractivity contribution in [2.45, 2.75) is 46.5 Å². The van der Waals surface area contributed by atoms with E-state index in [2.05, 4.69) is 10.5 Å². The van der Waals surface area contributed by atoms with E-state index in [1.165, 1.54) is 17.6 Å². The van der Waals surface area contributed by atoms with Crippen molar-refractivity contribution in [3.8, 4) is 0 Å². The molecule has 0 radical (unpaired) electrons. The average Bonchev–Trinajstić information content (AvgIpc) is 2.56. The van der Waals surface area contributed by atoms with Crippen molar-refractivity contribution in [1.82, 2.24) is 20.2 Å². The summed E-state index contributed by atoms with van der Waals surface area (Å²) in [5.74, 6) is -0.397. The van der Waals surface area contributed by atoms with E-state index in [9.17, 15) is 19.2 Å². The summed E-state index contributed by atoms with van der Waals surface area (Å²) >= 11 is 0. The highest BCUT2D eigenvalue weighted by atomic mass is 16.2. The van der Waals surface area contributed by atoms with Crippen molar-refractivity contribution in [1.29, 1.82) is 0 Å². The van der Waals surface area contributed by atoms with E-state index in [4.69, 9.17) is 0 Å². The first-order valence-electron chi connectivity index (χ1n) is 9.40. The van der Waals surface area contributed by atoms with Gasteiger partial charge in [0.2, 0.25) is 41.7 Å². The van der Waals surface area contributed by atoms with Gasteiger partial charge in [-0.25, -0.2) is 0 Å². The summed E-state index contributed by atoms with van der Waals surface area (Å²) in [6.07, 6.45) is 3.02. The largest absolute Gasteiger partial charge is 0.442 e. The van der Waals surface area contributed by atoms with Crippen molar-refractivity contribution < 1.29 is 19.2 Å². The SMILES string of the molecule is BNC(=O)CN(CC(=O)NCCCCCC(=O)C(C)(C)C)CC(=O)N(B)B. The van der Waals surface area contributed by atoms with Crippen LogP contribution in [0.15, 0.2) is 0 Å². The van der Waals surface area contributed by atoms with Gasteiger partial charge in [0, 0.05) is 18.4 Å². The van der Waals surface area contributed by atoms with Gasteiger partial charge in [0.1, 0.15) is 5.78 Å². The molecule has 0 rings (SSSR count). The van der Waals surface area contributed by atoms with Gasteiger partial charge in [-0.3, -0.25) is 24.1 Å². The molecule has 0 heterocycles. The molecule has 0 aliphatic carbocycles. The van der Waals surface area contributed by atoms with Gasteiger partial charge in [0.05, 0.1) is 19.6 Å². The van der Waals surface area contributed by atoms with E-state index in [-0.39, 0.29) is 48.6 Å². The second-order valence-electron chi connectivity index (χ2n) is 7.94. The first-order chi connectivity index (χ1) is 12.5. The highest BCUT2D eigenvalue weighted by molar-refractivity contribution is 6.34. The number of nitrogens with zero attached hydrogens (tertiary/aromatic N) is 2. The number of carbonyl (C=O) groups is 4. The number of Topliss-reactive ketones (excluding diaryl/α,β-unsaturated/α-hetero) is 1. The van der Waals surface area contributed by atoms with Crippen LogP contribution in [0.3, 0.4) is 0 Å². The van der Waals surface area contributed by atoms with Gasteiger partial charge >= 0.3 is 0 Å². The minimum absolute atomic E-state index is 0.00273. The Balaban J connectivity index is 4.20. The van der Waals surface area contributed by atoms with Crippen molar-refractivity contribution >= 4 is 47.4 Å². The van der Waals surface area contributed by atoms with Crippen molar-refractivity contribution in [2.75, 3.05) is 26.2 Å². The zero-order chi connectivity index (χ0) is 21.0. The Hall–Kier alpha value is -1.77. The maximum Gasteiger partial charge on any atom is 0.234 e. The van der Waals surface area contributed by atoms with E-state index >= 15 is 0 Å². The topological polar surface area (TPSA) is 98.8 Å². The fourth-order valence-electron chi connectivity index (χ4n) is 2.23. The number of rotatable bonds is 12. The molecule has 0 atom stereocenters. The summed E-state index contributed by atoms with van der Waals surface area (Å²) in [5, 5.41) is 5.30. The van der Waals surface area contributed by atoms with Crippen LogP contribution in [0.2, 0.25) is 0 Å². The van der Waals surface area contributed by atoms with E-state index in [1.54, 1.807) is 16.0 Å². The Bertz CT molecular complexity index is 524. The quantitative estimate of drug-likeness (QED) is 0.282. The van der Waals surface area contributed by atoms with Gasteiger partial charge in [-0.1, -0.05) is 27.2 Å². The third kappa shape index (κ3) is 12.3. The molecule has 2 N–H and O–H groups in total. The second-order valence-corrected chi connectivity index (χ2v) is 7.94. The maximum absolute atomic E-state index is 12.1. The third-order valence-corrected chi connectivity index (χ3v) is 4.11. The van der Waals surface area contributed by atoms with Crippen LogP contribution in [0.4, 0.5) is 0 Å². The lowest BCUT2D eigenvalue weighted by Crippen LogP contribution is -2.47. The van der Waals surface area contributed by atoms with Crippen molar-refractivity contribution in [3.63, 3.8) is 0 Å². The first-order valence-corrected chi connectivity index (χ1v) is 9.40. The van der Waals surface area contributed by atoms with Gasteiger partial charge in [-0.15, -0.1) is 0 Å². The summed E-state index contributed by atoms with van der Waals surface area (Å²) in [4.78, 5) is 48.9. The second kappa shape index (κ2) is 12.6. The molecule has 8 nitrogen and oxygen atoms in total. The molecule has 150 valence electrons. The number of nitrogens with one attached hydrogen (secondary N) is 2. The number of amides is 3. The standard InChI is InChI=1S/C16H33B3N4O4/c1-16(2,3)12(24)7-5-4-6-8-20-13(25)9-22(10-14(26)21-17)11-15(27)23(18)19/h4-11,17-19H2,1-3H3,(H,20,25)(H,21,26). The Morgan fingerprint density at radius 1 is 0.889 bits per heavy atom. The normalized spacial score (nSPS) is 11.1. The van der Waals surface area contributed by atoms with Crippen LogP contribution >= 0.6 is 0 Å². The van der Waals surface area contributed by atoms with Gasteiger partial charge in [0.15, 0.2) is 0 Å². The Morgan fingerprint density at radius 2 is 1.48 bits per heavy atom. The number of hydrogen-bond donors (Lipinski definition) is 2. The number of hydrogen-bond acceptors (Lipinski definition) is 5. The minimum Gasteiger partial charge on any atom is -0.442 e.